The van der Waals surface area contributed by atoms with Gasteiger partial charge in [0.05, 0.1) is 19.8 Å². The van der Waals surface area contributed by atoms with Crippen LogP contribution in [-0.2, 0) is 33.7 Å². The number of ether oxygens (including phenoxy) is 2. The van der Waals surface area contributed by atoms with E-state index in [2.05, 4.69) is 27.0 Å². The number of amides is 1. The summed E-state index contributed by atoms with van der Waals surface area (Å²) in [4.78, 5) is 12.1. The molecule has 2 aliphatic heterocycles. The van der Waals surface area contributed by atoms with Crippen molar-refractivity contribution in [2.75, 3.05) is 19.8 Å². The molecule has 0 spiro atoms. The Morgan fingerprint density at radius 3 is 3.10 bits per heavy atom. The highest BCUT2D eigenvalue weighted by Gasteiger charge is 2.28. The molecule has 1 aromatic heterocycles. The van der Waals surface area contributed by atoms with Crippen molar-refractivity contribution < 1.29 is 14.3 Å². The zero-order valence-corrected chi connectivity index (χ0v) is 11.7. The van der Waals surface area contributed by atoms with Gasteiger partial charge in [-0.25, -0.2) is 0 Å². The van der Waals surface area contributed by atoms with Gasteiger partial charge in [0, 0.05) is 25.4 Å². The van der Waals surface area contributed by atoms with Gasteiger partial charge in [0.15, 0.2) is 6.10 Å². The Hall–Kier alpha value is -1.47. The molecule has 3 rings (SSSR count). The SMILES string of the molecule is CCc1nnc2n1C[C@@H](NC(=O)[C@@H]1COCCO1)CC2. The lowest BCUT2D eigenvalue weighted by Crippen LogP contribution is -2.49. The number of aromatic nitrogens is 3. The predicted molar refractivity (Wildman–Crippen MR) is 70.2 cm³/mol. The number of fused-ring (bicyclic) bond motifs is 1. The minimum Gasteiger partial charge on any atom is -0.376 e. The first-order chi connectivity index (χ1) is 9.78. The smallest absolute Gasteiger partial charge is 0.251 e. The monoisotopic (exact) mass is 280 g/mol. The first-order valence-electron chi connectivity index (χ1n) is 7.18. The Morgan fingerprint density at radius 1 is 1.45 bits per heavy atom. The van der Waals surface area contributed by atoms with Gasteiger partial charge < -0.3 is 19.4 Å². The lowest BCUT2D eigenvalue weighted by atomic mass is 10.1. The maximum absolute atomic E-state index is 12.1. The van der Waals surface area contributed by atoms with E-state index in [1.165, 1.54) is 0 Å². The number of aryl methyl sites for hydroxylation is 2. The number of hydrogen-bond donors (Lipinski definition) is 1. The molecule has 20 heavy (non-hydrogen) atoms. The van der Waals surface area contributed by atoms with Crippen LogP contribution in [0.3, 0.4) is 0 Å². The minimum absolute atomic E-state index is 0.0794. The lowest BCUT2D eigenvalue weighted by molar-refractivity contribution is -0.148. The molecule has 0 radical (unpaired) electrons. The summed E-state index contributed by atoms with van der Waals surface area (Å²) in [7, 11) is 0. The summed E-state index contributed by atoms with van der Waals surface area (Å²) in [5.74, 6) is 1.92. The first kappa shape index (κ1) is 13.5. The zero-order valence-electron chi connectivity index (χ0n) is 11.7. The molecular formula is C13H20N4O3. The van der Waals surface area contributed by atoms with Gasteiger partial charge in [-0.15, -0.1) is 10.2 Å². The normalized spacial score (nSPS) is 26.1. The van der Waals surface area contributed by atoms with Crippen LogP contribution in [0, 0.1) is 0 Å². The molecule has 1 N–H and O–H groups in total. The van der Waals surface area contributed by atoms with E-state index >= 15 is 0 Å². The quantitative estimate of drug-likeness (QED) is 0.821. The second kappa shape index (κ2) is 5.88. The average molecular weight is 280 g/mol. The fraction of sp³-hybridized carbons (Fsp3) is 0.769. The topological polar surface area (TPSA) is 78.3 Å². The summed E-state index contributed by atoms with van der Waals surface area (Å²) in [6.45, 7) is 4.20. The van der Waals surface area contributed by atoms with Gasteiger partial charge in [-0.3, -0.25) is 4.79 Å². The summed E-state index contributed by atoms with van der Waals surface area (Å²) in [6.07, 6.45) is 2.12. The molecule has 7 nitrogen and oxygen atoms in total. The number of nitrogens with zero attached hydrogens (tertiary/aromatic N) is 3. The second-order valence-electron chi connectivity index (χ2n) is 5.18. The van der Waals surface area contributed by atoms with Gasteiger partial charge in [0.2, 0.25) is 0 Å². The third-order valence-corrected chi connectivity index (χ3v) is 3.79. The third-order valence-electron chi connectivity index (χ3n) is 3.79. The van der Waals surface area contributed by atoms with E-state index in [4.69, 9.17) is 9.47 Å². The standard InChI is InChI=1S/C13H20N4O3/c1-2-11-15-16-12-4-3-9(7-17(11)12)14-13(18)10-8-19-5-6-20-10/h9-10H,2-8H2,1H3,(H,14,18)/t9-,10-/m0/s1. The molecule has 2 aliphatic rings. The van der Waals surface area contributed by atoms with Crippen LogP contribution in [-0.4, -0.2) is 52.6 Å². The van der Waals surface area contributed by atoms with Crippen molar-refractivity contribution >= 4 is 5.91 Å². The Bertz CT molecular complexity index is 468. The summed E-state index contributed by atoms with van der Waals surface area (Å²) >= 11 is 0. The molecule has 0 aromatic carbocycles. The van der Waals surface area contributed by atoms with E-state index in [0.717, 1.165) is 37.5 Å². The summed E-state index contributed by atoms with van der Waals surface area (Å²) in [6, 6.07) is 0.113. The van der Waals surface area contributed by atoms with Gasteiger partial charge in [-0.05, 0) is 6.42 Å². The molecule has 1 saturated heterocycles. The molecule has 1 fully saturated rings. The fourth-order valence-electron chi connectivity index (χ4n) is 2.70. The molecule has 2 atom stereocenters. The highest BCUT2D eigenvalue weighted by Crippen LogP contribution is 2.16. The molecule has 0 unspecified atom stereocenters. The second-order valence-corrected chi connectivity index (χ2v) is 5.18. The van der Waals surface area contributed by atoms with Crippen molar-refractivity contribution in [3.05, 3.63) is 11.6 Å². The average Bonchev–Trinajstić information content (AvgIpc) is 2.90. The Balaban J connectivity index is 1.60. The van der Waals surface area contributed by atoms with Crippen LogP contribution in [0.15, 0.2) is 0 Å². The number of hydrogen-bond acceptors (Lipinski definition) is 5. The number of carbonyl (C=O) groups is 1. The van der Waals surface area contributed by atoms with Crippen LogP contribution in [0.25, 0.3) is 0 Å². The van der Waals surface area contributed by atoms with E-state index in [9.17, 15) is 4.79 Å². The largest absolute Gasteiger partial charge is 0.376 e. The van der Waals surface area contributed by atoms with E-state index in [0.29, 0.717) is 19.8 Å². The summed E-state index contributed by atoms with van der Waals surface area (Å²) in [5, 5.41) is 11.4. The molecule has 0 bridgehead atoms. The van der Waals surface area contributed by atoms with Crippen LogP contribution in [0.1, 0.15) is 25.0 Å². The van der Waals surface area contributed by atoms with Gasteiger partial charge in [0.1, 0.15) is 11.6 Å². The molecule has 110 valence electrons. The molecule has 0 saturated carbocycles. The van der Waals surface area contributed by atoms with Crippen LogP contribution >= 0.6 is 0 Å². The molecule has 3 heterocycles. The molecule has 1 amide bonds. The van der Waals surface area contributed by atoms with Crippen molar-refractivity contribution in [1.29, 1.82) is 0 Å². The Labute approximate surface area is 117 Å². The first-order valence-corrected chi connectivity index (χ1v) is 7.18. The molecule has 7 heteroatoms. The van der Waals surface area contributed by atoms with Crippen molar-refractivity contribution in [2.24, 2.45) is 0 Å². The van der Waals surface area contributed by atoms with Crippen LogP contribution in [0.4, 0.5) is 0 Å². The number of rotatable bonds is 3. The molecule has 0 aliphatic carbocycles. The van der Waals surface area contributed by atoms with Crippen LogP contribution in [0.5, 0.6) is 0 Å². The minimum atomic E-state index is -0.475. The third kappa shape index (κ3) is 2.69. The van der Waals surface area contributed by atoms with Crippen LogP contribution < -0.4 is 5.32 Å². The molecule has 1 aromatic rings. The van der Waals surface area contributed by atoms with E-state index in [-0.39, 0.29) is 11.9 Å². The van der Waals surface area contributed by atoms with Crippen molar-refractivity contribution in [3.8, 4) is 0 Å². The van der Waals surface area contributed by atoms with Crippen molar-refractivity contribution in [1.82, 2.24) is 20.1 Å². The lowest BCUT2D eigenvalue weighted by Gasteiger charge is -2.28. The van der Waals surface area contributed by atoms with Gasteiger partial charge >= 0.3 is 0 Å². The predicted octanol–water partition coefficient (Wildman–Crippen LogP) is -0.313. The highest BCUT2D eigenvalue weighted by atomic mass is 16.6. The van der Waals surface area contributed by atoms with Gasteiger partial charge in [-0.1, -0.05) is 6.92 Å². The van der Waals surface area contributed by atoms with E-state index in [1.807, 2.05) is 0 Å². The van der Waals surface area contributed by atoms with E-state index in [1.54, 1.807) is 0 Å². The number of nitrogens with one attached hydrogen (secondary N) is 1. The zero-order chi connectivity index (χ0) is 13.9. The Kier molecular flexibility index (Phi) is 3.98. The van der Waals surface area contributed by atoms with Gasteiger partial charge in [0.25, 0.3) is 5.91 Å². The summed E-state index contributed by atoms with van der Waals surface area (Å²) < 4.78 is 12.8. The van der Waals surface area contributed by atoms with Crippen molar-refractivity contribution in [3.63, 3.8) is 0 Å². The summed E-state index contributed by atoms with van der Waals surface area (Å²) in [5.41, 5.74) is 0. The van der Waals surface area contributed by atoms with Crippen LogP contribution in [0.2, 0.25) is 0 Å². The number of carbonyl (C=O) groups excluding carboxylic acids is 1. The maximum Gasteiger partial charge on any atom is 0.251 e. The fourth-order valence-corrected chi connectivity index (χ4v) is 2.70. The molecular weight excluding hydrogens is 260 g/mol. The Morgan fingerprint density at radius 2 is 2.35 bits per heavy atom. The highest BCUT2D eigenvalue weighted by molar-refractivity contribution is 5.81. The maximum atomic E-state index is 12.1. The van der Waals surface area contributed by atoms with Gasteiger partial charge in [-0.2, -0.15) is 0 Å². The van der Waals surface area contributed by atoms with E-state index < -0.39 is 6.10 Å². The van der Waals surface area contributed by atoms with Crippen molar-refractivity contribution in [2.45, 2.75) is 44.9 Å².